The van der Waals surface area contributed by atoms with E-state index < -0.39 is 5.97 Å². The second-order valence-corrected chi connectivity index (χ2v) is 7.69. The van der Waals surface area contributed by atoms with Crippen LogP contribution < -0.4 is 0 Å². The first-order valence-corrected chi connectivity index (χ1v) is 10.6. The topological polar surface area (TPSA) is 76.2 Å². The summed E-state index contributed by atoms with van der Waals surface area (Å²) in [6, 6.07) is 20.2. The molecule has 0 amide bonds. The largest absolute Gasteiger partial charge is 0.506 e. The number of rotatable bonds is 6. The van der Waals surface area contributed by atoms with Gasteiger partial charge < -0.3 is 14.4 Å². The molecule has 6 nitrogen and oxygen atoms in total. The quantitative estimate of drug-likeness (QED) is 0.256. The van der Waals surface area contributed by atoms with Crippen LogP contribution in [-0.4, -0.2) is 22.2 Å². The number of ether oxygens (including phenoxy) is 1. The van der Waals surface area contributed by atoms with Crippen molar-refractivity contribution in [3.8, 4) is 5.75 Å². The maximum Gasteiger partial charge on any atom is 0.340 e. The summed E-state index contributed by atoms with van der Waals surface area (Å²) in [7, 11) is 0. The predicted octanol–water partition coefficient (Wildman–Crippen LogP) is 6.95. The molecule has 4 aromatic rings. The van der Waals surface area contributed by atoms with Crippen LogP contribution in [0.25, 0.3) is 10.9 Å². The maximum absolute atomic E-state index is 12.9. The normalized spacial score (nSPS) is 11.3. The average molecular weight is 448 g/mol. The number of hydrogen-bond acceptors (Lipinski definition) is 5. The summed E-state index contributed by atoms with van der Waals surface area (Å²) >= 11 is 5.94. The van der Waals surface area contributed by atoms with E-state index in [1.54, 1.807) is 43.3 Å². The highest BCUT2D eigenvalue weighted by molar-refractivity contribution is 6.30. The van der Waals surface area contributed by atoms with Crippen LogP contribution in [0.15, 0.2) is 77.0 Å². The number of fused-ring (bicyclic) bond motifs is 1. The molecule has 0 saturated heterocycles. The molecule has 0 bridgehead atoms. The van der Waals surface area contributed by atoms with E-state index >= 15 is 0 Å². The number of benzene rings is 3. The van der Waals surface area contributed by atoms with Gasteiger partial charge in [-0.05, 0) is 55.8 Å². The van der Waals surface area contributed by atoms with Gasteiger partial charge in [-0.25, -0.2) is 4.79 Å². The van der Waals surface area contributed by atoms with Gasteiger partial charge in [0.15, 0.2) is 0 Å². The van der Waals surface area contributed by atoms with Crippen LogP contribution in [-0.2, 0) is 11.3 Å². The minimum Gasteiger partial charge on any atom is -0.506 e. The molecule has 162 valence electrons. The highest BCUT2D eigenvalue weighted by Crippen LogP contribution is 2.41. The number of esters is 1. The molecule has 0 aliphatic carbocycles. The summed E-state index contributed by atoms with van der Waals surface area (Å²) < 4.78 is 7.36. The number of phenolic OH excluding ortho intramolecular Hbond substituents is 1. The number of aromatic nitrogens is 1. The minimum atomic E-state index is -0.463. The molecule has 32 heavy (non-hydrogen) atoms. The summed E-state index contributed by atoms with van der Waals surface area (Å²) in [5.41, 5.74) is 3.74. The van der Waals surface area contributed by atoms with Gasteiger partial charge in [0.1, 0.15) is 11.4 Å². The van der Waals surface area contributed by atoms with Crippen molar-refractivity contribution in [2.75, 3.05) is 6.61 Å². The lowest BCUT2D eigenvalue weighted by molar-refractivity contribution is 0.0527. The number of azo groups is 1. The molecule has 0 spiro atoms. The molecule has 0 saturated carbocycles. The van der Waals surface area contributed by atoms with E-state index in [4.69, 9.17) is 16.3 Å². The summed E-state index contributed by atoms with van der Waals surface area (Å²) in [4.78, 5) is 12.9. The second kappa shape index (κ2) is 9.24. The molecular weight excluding hydrogens is 426 g/mol. The van der Waals surface area contributed by atoms with Crippen molar-refractivity contribution in [1.29, 1.82) is 0 Å². The molecule has 0 atom stereocenters. The summed E-state index contributed by atoms with van der Waals surface area (Å²) in [6.45, 7) is 4.42. The summed E-state index contributed by atoms with van der Waals surface area (Å²) in [5.74, 6) is -0.534. The van der Waals surface area contributed by atoms with Crippen LogP contribution in [0.5, 0.6) is 5.75 Å². The van der Waals surface area contributed by atoms with Gasteiger partial charge in [0.2, 0.25) is 0 Å². The van der Waals surface area contributed by atoms with E-state index in [0.717, 1.165) is 16.8 Å². The van der Waals surface area contributed by atoms with Crippen molar-refractivity contribution in [2.45, 2.75) is 20.4 Å². The van der Waals surface area contributed by atoms with Crippen molar-refractivity contribution in [2.24, 2.45) is 10.2 Å². The van der Waals surface area contributed by atoms with Crippen molar-refractivity contribution in [3.63, 3.8) is 0 Å². The Hall–Kier alpha value is -3.64. The van der Waals surface area contributed by atoms with Crippen molar-refractivity contribution in [3.05, 3.63) is 88.6 Å². The van der Waals surface area contributed by atoms with E-state index in [2.05, 4.69) is 10.2 Å². The number of aromatic hydroxyl groups is 1. The highest BCUT2D eigenvalue weighted by atomic mass is 35.5. The van der Waals surface area contributed by atoms with Crippen LogP contribution in [0.4, 0.5) is 11.4 Å². The zero-order valence-corrected chi connectivity index (χ0v) is 18.5. The number of phenols is 1. The van der Waals surface area contributed by atoms with Gasteiger partial charge in [0.05, 0.1) is 23.4 Å². The van der Waals surface area contributed by atoms with Crippen molar-refractivity contribution >= 4 is 39.8 Å². The Balaban J connectivity index is 1.91. The van der Waals surface area contributed by atoms with Gasteiger partial charge in [-0.15, -0.1) is 5.11 Å². The highest BCUT2D eigenvalue weighted by Gasteiger charge is 2.25. The zero-order chi connectivity index (χ0) is 22.7. The molecule has 0 aliphatic rings. The van der Waals surface area contributed by atoms with E-state index in [0.29, 0.717) is 28.2 Å². The Morgan fingerprint density at radius 3 is 2.44 bits per heavy atom. The Bertz CT molecular complexity index is 1300. The predicted molar refractivity (Wildman–Crippen MR) is 125 cm³/mol. The van der Waals surface area contributed by atoms with E-state index in [1.807, 2.05) is 41.8 Å². The number of carbonyl (C=O) groups excluding carboxylic acids is 1. The number of hydrogen-bond donors (Lipinski definition) is 1. The number of halogens is 1. The fourth-order valence-corrected chi connectivity index (χ4v) is 3.80. The van der Waals surface area contributed by atoms with E-state index in [1.165, 1.54) is 0 Å². The Kier molecular flexibility index (Phi) is 6.23. The fraction of sp³-hybridized carbons (Fsp3) is 0.160. The van der Waals surface area contributed by atoms with Gasteiger partial charge in [0, 0.05) is 22.6 Å². The summed E-state index contributed by atoms with van der Waals surface area (Å²) in [6.07, 6.45) is 0. The molecule has 0 aliphatic heterocycles. The molecule has 0 unspecified atom stereocenters. The van der Waals surface area contributed by atoms with Gasteiger partial charge in [-0.2, -0.15) is 5.11 Å². The molecule has 3 aromatic carbocycles. The summed E-state index contributed by atoms with van der Waals surface area (Å²) in [5, 5.41) is 20.3. The van der Waals surface area contributed by atoms with Crippen LogP contribution in [0.2, 0.25) is 5.02 Å². The van der Waals surface area contributed by atoms with E-state index in [9.17, 15) is 9.90 Å². The van der Waals surface area contributed by atoms with Gasteiger partial charge in [-0.1, -0.05) is 41.9 Å². The van der Waals surface area contributed by atoms with Crippen LogP contribution in [0.1, 0.15) is 28.5 Å². The first kappa shape index (κ1) is 21.6. The van der Waals surface area contributed by atoms with Crippen LogP contribution >= 0.6 is 11.6 Å². The Morgan fingerprint density at radius 1 is 1.03 bits per heavy atom. The molecule has 1 aromatic heterocycles. The minimum absolute atomic E-state index is 0.0716. The Labute approximate surface area is 190 Å². The van der Waals surface area contributed by atoms with Gasteiger partial charge in [0.25, 0.3) is 0 Å². The maximum atomic E-state index is 12.9. The zero-order valence-electron chi connectivity index (χ0n) is 17.7. The number of nitrogens with zero attached hydrogens (tertiary/aromatic N) is 3. The van der Waals surface area contributed by atoms with Crippen molar-refractivity contribution < 1.29 is 14.6 Å². The molecular formula is C25H22ClN3O3. The smallest absolute Gasteiger partial charge is 0.340 e. The second-order valence-electron chi connectivity index (χ2n) is 7.26. The van der Waals surface area contributed by atoms with E-state index in [-0.39, 0.29) is 18.0 Å². The monoisotopic (exact) mass is 447 g/mol. The fourth-order valence-electron chi connectivity index (χ4n) is 3.68. The molecule has 0 fully saturated rings. The van der Waals surface area contributed by atoms with Crippen LogP contribution in [0, 0.1) is 6.92 Å². The first-order valence-electron chi connectivity index (χ1n) is 10.2. The number of carbonyl (C=O) groups is 1. The molecule has 4 rings (SSSR count). The Morgan fingerprint density at radius 2 is 1.75 bits per heavy atom. The lowest BCUT2D eigenvalue weighted by Gasteiger charge is -2.09. The van der Waals surface area contributed by atoms with Crippen molar-refractivity contribution in [1.82, 2.24) is 4.57 Å². The lowest BCUT2D eigenvalue weighted by Crippen LogP contribution is -2.08. The molecule has 1 heterocycles. The molecule has 0 radical (unpaired) electrons. The lowest BCUT2D eigenvalue weighted by atomic mass is 10.1. The molecule has 7 heteroatoms. The van der Waals surface area contributed by atoms with Gasteiger partial charge in [-0.3, -0.25) is 0 Å². The average Bonchev–Trinajstić information content (AvgIpc) is 3.06. The third-order valence-corrected chi connectivity index (χ3v) is 5.45. The third-order valence-electron chi connectivity index (χ3n) is 5.20. The van der Waals surface area contributed by atoms with Gasteiger partial charge >= 0.3 is 5.97 Å². The first-order chi connectivity index (χ1) is 15.5. The molecule has 1 N–H and O–H groups in total. The third kappa shape index (κ3) is 4.22. The van der Waals surface area contributed by atoms with Crippen LogP contribution in [0.3, 0.4) is 0 Å². The SMILES string of the molecule is CCOC(=O)c1c(C)n(Cc2ccccc2)c2ccc(O)c(N=Nc3ccc(Cl)cc3)c12. The standard InChI is InChI=1S/C25H22ClN3O3/c1-3-32-25(31)22-16(2)29(15-17-7-5-4-6-8-17)20-13-14-21(30)24(23(20)22)28-27-19-11-9-18(26)10-12-19/h4-14,30H,3,15H2,1-2H3.